The number of aromatic nitrogens is 3. The second-order valence-electron chi connectivity index (χ2n) is 8.28. The summed E-state index contributed by atoms with van der Waals surface area (Å²) in [6.45, 7) is 3.77. The van der Waals surface area contributed by atoms with Gasteiger partial charge in [-0.05, 0) is 49.4 Å². The topological polar surface area (TPSA) is 124 Å². The van der Waals surface area contributed by atoms with Crippen LogP contribution in [0.3, 0.4) is 0 Å². The highest BCUT2D eigenvalue weighted by Crippen LogP contribution is 2.26. The third-order valence-corrected chi connectivity index (χ3v) is 6.67. The van der Waals surface area contributed by atoms with E-state index >= 15 is 0 Å². The van der Waals surface area contributed by atoms with Crippen LogP contribution in [0.5, 0.6) is 0 Å². The Morgan fingerprint density at radius 1 is 1.03 bits per heavy atom. The maximum absolute atomic E-state index is 13.6. The van der Waals surface area contributed by atoms with Gasteiger partial charge in [-0.25, -0.2) is 4.98 Å². The summed E-state index contributed by atoms with van der Waals surface area (Å²) in [6.07, 6.45) is 1.73. The van der Waals surface area contributed by atoms with Crippen molar-refractivity contribution in [3.05, 3.63) is 99.1 Å². The van der Waals surface area contributed by atoms with Crippen molar-refractivity contribution < 1.29 is 14.1 Å². The SMILES string of the molecule is CCc1csc([C@H](Cc2ccc(C(N)=O)cc2)NC(=O)C(Cc2ccccc2)c2nc(C)no2)n1. The van der Waals surface area contributed by atoms with E-state index in [0.29, 0.717) is 24.2 Å². The summed E-state index contributed by atoms with van der Waals surface area (Å²) in [5.74, 6) is -0.591. The van der Waals surface area contributed by atoms with Crippen LogP contribution >= 0.6 is 11.3 Å². The molecular weight excluding hydrogens is 462 g/mol. The second-order valence-corrected chi connectivity index (χ2v) is 9.17. The molecule has 4 rings (SSSR count). The van der Waals surface area contributed by atoms with Gasteiger partial charge < -0.3 is 15.6 Å². The Bertz CT molecular complexity index is 1280. The Labute approximate surface area is 207 Å². The van der Waals surface area contributed by atoms with Crippen molar-refractivity contribution >= 4 is 23.2 Å². The zero-order valence-electron chi connectivity index (χ0n) is 19.6. The number of carbonyl (C=O) groups is 2. The van der Waals surface area contributed by atoms with Gasteiger partial charge in [-0.2, -0.15) is 4.98 Å². The number of aryl methyl sites for hydroxylation is 2. The van der Waals surface area contributed by atoms with Gasteiger partial charge >= 0.3 is 0 Å². The third-order valence-electron chi connectivity index (χ3n) is 5.67. The van der Waals surface area contributed by atoms with Gasteiger partial charge in [0.05, 0.1) is 11.7 Å². The highest BCUT2D eigenvalue weighted by Gasteiger charge is 2.30. The van der Waals surface area contributed by atoms with Crippen LogP contribution in [0.4, 0.5) is 0 Å². The minimum absolute atomic E-state index is 0.218. The van der Waals surface area contributed by atoms with Gasteiger partial charge in [-0.15, -0.1) is 11.3 Å². The van der Waals surface area contributed by atoms with Crippen LogP contribution in [-0.2, 0) is 24.1 Å². The summed E-state index contributed by atoms with van der Waals surface area (Å²) in [6, 6.07) is 16.4. The first-order valence-electron chi connectivity index (χ1n) is 11.4. The fourth-order valence-electron chi connectivity index (χ4n) is 3.75. The van der Waals surface area contributed by atoms with E-state index in [9.17, 15) is 9.59 Å². The summed E-state index contributed by atoms with van der Waals surface area (Å²) in [5, 5.41) is 9.89. The maximum atomic E-state index is 13.6. The molecule has 9 heteroatoms. The monoisotopic (exact) mass is 489 g/mol. The summed E-state index contributed by atoms with van der Waals surface area (Å²) in [4.78, 5) is 34.1. The molecule has 0 aliphatic rings. The van der Waals surface area contributed by atoms with E-state index in [4.69, 9.17) is 15.2 Å². The van der Waals surface area contributed by atoms with Crippen molar-refractivity contribution in [2.24, 2.45) is 5.73 Å². The zero-order valence-corrected chi connectivity index (χ0v) is 20.4. The van der Waals surface area contributed by atoms with Crippen molar-refractivity contribution in [2.45, 2.75) is 45.1 Å². The van der Waals surface area contributed by atoms with E-state index in [1.54, 1.807) is 19.1 Å². The number of nitrogens with two attached hydrogens (primary N) is 1. The molecule has 3 N–H and O–H groups in total. The van der Waals surface area contributed by atoms with Crippen molar-refractivity contribution in [2.75, 3.05) is 0 Å². The van der Waals surface area contributed by atoms with E-state index in [2.05, 4.69) is 15.5 Å². The number of nitrogens with one attached hydrogen (secondary N) is 1. The number of rotatable bonds is 10. The molecule has 2 heterocycles. The standard InChI is InChI=1S/C26H27N5O3S/c1-3-20-15-35-26(29-20)22(14-18-9-11-19(12-10-18)23(27)32)30-24(33)21(25-28-16(2)31-34-25)13-17-7-5-4-6-8-17/h4-12,15,21-22H,3,13-14H2,1-2H3,(H2,27,32)(H,30,33)/t21?,22-/m0/s1. The lowest BCUT2D eigenvalue weighted by molar-refractivity contribution is -0.123. The molecule has 180 valence electrons. The lowest BCUT2D eigenvalue weighted by Gasteiger charge is -2.20. The summed E-state index contributed by atoms with van der Waals surface area (Å²) in [5.41, 5.74) is 8.72. The molecule has 1 unspecified atom stereocenters. The molecule has 4 aromatic rings. The molecule has 35 heavy (non-hydrogen) atoms. The van der Waals surface area contributed by atoms with Crippen molar-refractivity contribution in [1.82, 2.24) is 20.4 Å². The predicted molar refractivity (Wildman–Crippen MR) is 133 cm³/mol. The largest absolute Gasteiger partial charge is 0.366 e. The van der Waals surface area contributed by atoms with Crippen molar-refractivity contribution in [1.29, 1.82) is 0 Å². The molecule has 0 saturated heterocycles. The molecule has 0 spiro atoms. The van der Waals surface area contributed by atoms with Crippen LogP contribution in [0.1, 0.15) is 62.8 Å². The lowest BCUT2D eigenvalue weighted by Crippen LogP contribution is -2.35. The van der Waals surface area contributed by atoms with E-state index in [1.165, 1.54) is 11.3 Å². The van der Waals surface area contributed by atoms with Gasteiger partial charge in [0.15, 0.2) is 5.82 Å². The molecule has 2 amide bonds. The molecule has 0 aliphatic heterocycles. The smallest absolute Gasteiger partial charge is 0.248 e. The minimum Gasteiger partial charge on any atom is -0.366 e. The van der Waals surface area contributed by atoms with Crippen LogP contribution in [-0.4, -0.2) is 26.9 Å². The van der Waals surface area contributed by atoms with Gasteiger partial charge in [0, 0.05) is 10.9 Å². The predicted octanol–water partition coefficient (Wildman–Crippen LogP) is 3.92. The number of hydrogen-bond donors (Lipinski definition) is 2. The number of carbonyl (C=O) groups excluding carboxylic acids is 2. The summed E-state index contributed by atoms with van der Waals surface area (Å²) >= 11 is 1.52. The van der Waals surface area contributed by atoms with Crippen LogP contribution in [0.15, 0.2) is 64.5 Å². The average molecular weight is 490 g/mol. The molecule has 0 radical (unpaired) electrons. The third kappa shape index (κ3) is 6.19. The number of thiazole rings is 1. The fourth-order valence-corrected chi connectivity index (χ4v) is 4.71. The quantitative estimate of drug-likeness (QED) is 0.348. The number of hydrogen-bond acceptors (Lipinski definition) is 7. The molecule has 0 saturated carbocycles. The molecule has 2 aromatic carbocycles. The molecule has 0 aliphatic carbocycles. The van der Waals surface area contributed by atoms with Crippen molar-refractivity contribution in [3.63, 3.8) is 0 Å². The molecule has 2 atom stereocenters. The number of amides is 2. The normalized spacial score (nSPS) is 12.7. The first-order valence-corrected chi connectivity index (χ1v) is 12.3. The van der Waals surface area contributed by atoms with E-state index in [0.717, 1.165) is 28.2 Å². The van der Waals surface area contributed by atoms with E-state index in [1.807, 2.05) is 54.8 Å². The summed E-state index contributed by atoms with van der Waals surface area (Å²) < 4.78 is 5.40. The molecular formula is C26H27N5O3S. The van der Waals surface area contributed by atoms with Gasteiger partial charge in [-0.3, -0.25) is 9.59 Å². The highest BCUT2D eigenvalue weighted by atomic mass is 32.1. The van der Waals surface area contributed by atoms with Crippen LogP contribution in [0.25, 0.3) is 0 Å². The highest BCUT2D eigenvalue weighted by molar-refractivity contribution is 7.09. The lowest BCUT2D eigenvalue weighted by atomic mass is 9.97. The number of nitrogens with zero attached hydrogens (tertiary/aromatic N) is 3. The van der Waals surface area contributed by atoms with Gasteiger partial charge in [0.2, 0.25) is 17.7 Å². The molecule has 2 aromatic heterocycles. The Hall–Kier alpha value is -3.85. The van der Waals surface area contributed by atoms with Crippen LogP contribution < -0.4 is 11.1 Å². The first kappa shape index (κ1) is 24.3. The van der Waals surface area contributed by atoms with Gasteiger partial charge in [0.25, 0.3) is 0 Å². The number of benzene rings is 2. The Balaban J connectivity index is 1.61. The van der Waals surface area contributed by atoms with Crippen LogP contribution in [0.2, 0.25) is 0 Å². The van der Waals surface area contributed by atoms with Crippen molar-refractivity contribution in [3.8, 4) is 0 Å². The van der Waals surface area contributed by atoms with E-state index in [-0.39, 0.29) is 17.8 Å². The fraction of sp³-hybridized carbons (Fsp3) is 0.269. The second kappa shape index (κ2) is 11.1. The molecule has 8 nitrogen and oxygen atoms in total. The van der Waals surface area contributed by atoms with E-state index < -0.39 is 11.8 Å². The summed E-state index contributed by atoms with van der Waals surface area (Å²) in [7, 11) is 0. The number of primary amides is 1. The van der Waals surface area contributed by atoms with Gasteiger partial charge in [0.1, 0.15) is 10.9 Å². The Morgan fingerprint density at radius 2 is 1.74 bits per heavy atom. The Morgan fingerprint density at radius 3 is 2.34 bits per heavy atom. The van der Waals surface area contributed by atoms with Crippen LogP contribution in [0, 0.1) is 6.92 Å². The van der Waals surface area contributed by atoms with Gasteiger partial charge in [-0.1, -0.05) is 54.5 Å². The average Bonchev–Trinajstić information content (AvgIpc) is 3.52. The zero-order chi connectivity index (χ0) is 24.8. The first-order chi connectivity index (χ1) is 16.9. The Kier molecular flexibility index (Phi) is 7.67. The molecule has 0 fully saturated rings. The minimum atomic E-state index is -0.649. The maximum Gasteiger partial charge on any atom is 0.248 e. The molecule has 0 bridgehead atoms.